The summed E-state index contributed by atoms with van der Waals surface area (Å²) in [5, 5.41) is 13.9. The first-order chi connectivity index (χ1) is 16.7. The molecule has 0 bridgehead atoms. The highest BCUT2D eigenvalue weighted by Crippen LogP contribution is 2.29. The Morgan fingerprint density at radius 1 is 1.20 bits per heavy atom. The maximum Gasteiger partial charge on any atom is 0.453 e. The lowest BCUT2D eigenvalue weighted by molar-refractivity contribution is -0.146. The van der Waals surface area contributed by atoms with E-state index < -0.39 is 12.0 Å². The lowest BCUT2D eigenvalue weighted by Crippen LogP contribution is -2.43. The summed E-state index contributed by atoms with van der Waals surface area (Å²) in [6, 6.07) is 10.8. The van der Waals surface area contributed by atoms with Gasteiger partial charge in [-0.1, -0.05) is 12.1 Å². The molecule has 1 aliphatic heterocycles. The van der Waals surface area contributed by atoms with Crippen LogP contribution in [0.1, 0.15) is 30.3 Å². The minimum absolute atomic E-state index is 0.0170. The number of hydrogen-bond acceptors (Lipinski definition) is 7. The van der Waals surface area contributed by atoms with Gasteiger partial charge in [-0.05, 0) is 56.8 Å². The highest BCUT2D eigenvalue weighted by atomic mass is 19.4. The SMILES string of the molecule is COc1cccc([C@@H](CNC(=O)C2CCN(c3ccc4nnc(C(F)(F)F)n4n3)CC2)N(C)C)c1. The predicted molar refractivity (Wildman–Crippen MR) is 123 cm³/mol. The standard InChI is InChI=1S/C23H28F3N7O2/c1-31(2)18(16-5-4-6-17(13-16)35-3)14-27-21(34)15-9-11-32(12-10-15)20-8-7-19-28-29-22(23(24,25)26)33(19)30-20/h4-8,13,15,18H,9-12,14H2,1-3H3,(H,27,34)/t18-/m1/s1. The van der Waals surface area contributed by atoms with E-state index >= 15 is 0 Å². The van der Waals surface area contributed by atoms with E-state index in [1.165, 1.54) is 6.07 Å². The first-order valence-electron chi connectivity index (χ1n) is 11.3. The molecule has 4 rings (SSSR count). The summed E-state index contributed by atoms with van der Waals surface area (Å²) in [7, 11) is 5.53. The second-order valence-electron chi connectivity index (χ2n) is 8.75. The van der Waals surface area contributed by atoms with E-state index in [-0.39, 0.29) is 23.5 Å². The molecule has 0 aliphatic carbocycles. The Kier molecular flexibility index (Phi) is 7.10. The second kappa shape index (κ2) is 10.1. The van der Waals surface area contributed by atoms with Crippen LogP contribution in [0.5, 0.6) is 5.75 Å². The summed E-state index contributed by atoms with van der Waals surface area (Å²) in [6.45, 7) is 1.46. The largest absolute Gasteiger partial charge is 0.497 e. The number of ether oxygens (including phenoxy) is 1. The molecule has 2 aromatic heterocycles. The Morgan fingerprint density at radius 2 is 1.94 bits per heavy atom. The molecule has 3 aromatic rings. The van der Waals surface area contributed by atoms with Gasteiger partial charge in [0.1, 0.15) is 11.6 Å². The number of carbonyl (C=O) groups excluding carboxylic acids is 1. The van der Waals surface area contributed by atoms with Gasteiger partial charge in [-0.25, -0.2) is 0 Å². The Hall–Kier alpha value is -3.41. The number of piperidine rings is 1. The third-order valence-corrected chi connectivity index (χ3v) is 6.26. The molecule has 3 heterocycles. The number of nitrogens with zero attached hydrogens (tertiary/aromatic N) is 6. The van der Waals surface area contributed by atoms with Crippen molar-refractivity contribution in [3.8, 4) is 5.75 Å². The number of benzene rings is 1. The monoisotopic (exact) mass is 491 g/mol. The Labute approximate surface area is 200 Å². The van der Waals surface area contributed by atoms with E-state index in [0.29, 0.717) is 42.8 Å². The van der Waals surface area contributed by atoms with Crippen LogP contribution in [0.3, 0.4) is 0 Å². The van der Waals surface area contributed by atoms with Gasteiger partial charge in [0, 0.05) is 25.6 Å². The molecule has 9 nitrogen and oxygen atoms in total. The van der Waals surface area contributed by atoms with Gasteiger partial charge in [-0.15, -0.1) is 15.3 Å². The molecule has 1 saturated heterocycles. The normalized spacial score (nSPS) is 16.0. The molecule has 0 saturated carbocycles. The Morgan fingerprint density at radius 3 is 2.60 bits per heavy atom. The number of amides is 1. The van der Waals surface area contributed by atoms with E-state index in [0.717, 1.165) is 11.3 Å². The molecule has 188 valence electrons. The summed E-state index contributed by atoms with van der Waals surface area (Å²) >= 11 is 0. The van der Waals surface area contributed by atoms with Gasteiger partial charge in [0.25, 0.3) is 5.82 Å². The minimum Gasteiger partial charge on any atom is -0.497 e. The first kappa shape index (κ1) is 24.7. The van der Waals surface area contributed by atoms with Crippen LogP contribution in [0.25, 0.3) is 5.65 Å². The average molecular weight is 492 g/mol. The van der Waals surface area contributed by atoms with Crippen LogP contribution >= 0.6 is 0 Å². The molecule has 12 heteroatoms. The number of nitrogens with one attached hydrogen (secondary N) is 1. The van der Waals surface area contributed by atoms with E-state index in [1.807, 2.05) is 48.2 Å². The number of likely N-dealkylation sites (N-methyl/N-ethyl adjacent to an activating group) is 1. The van der Waals surface area contributed by atoms with Gasteiger partial charge < -0.3 is 19.9 Å². The summed E-state index contributed by atoms with van der Waals surface area (Å²) in [6.07, 6.45) is -3.50. The quantitative estimate of drug-likeness (QED) is 0.544. The molecular weight excluding hydrogens is 463 g/mol. The van der Waals surface area contributed by atoms with Crippen LogP contribution in [0.4, 0.5) is 19.0 Å². The van der Waals surface area contributed by atoms with E-state index in [9.17, 15) is 18.0 Å². The van der Waals surface area contributed by atoms with Crippen LogP contribution in [0.2, 0.25) is 0 Å². The maximum atomic E-state index is 13.2. The summed E-state index contributed by atoms with van der Waals surface area (Å²) in [4.78, 5) is 16.8. The zero-order chi connectivity index (χ0) is 25.2. The molecule has 1 atom stereocenters. The van der Waals surface area contributed by atoms with Crippen LogP contribution in [0, 0.1) is 5.92 Å². The second-order valence-corrected chi connectivity index (χ2v) is 8.75. The van der Waals surface area contributed by atoms with E-state index in [2.05, 4.69) is 20.6 Å². The number of rotatable bonds is 7. The fourth-order valence-electron chi connectivity index (χ4n) is 4.28. The Balaban J connectivity index is 1.36. The summed E-state index contributed by atoms with van der Waals surface area (Å²) in [5.74, 6) is -0.208. The number of hydrogen-bond donors (Lipinski definition) is 1. The van der Waals surface area contributed by atoms with Crippen molar-refractivity contribution in [2.45, 2.75) is 25.1 Å². The predicted octanol–water partition coefficient (Wildman–Crippen LogP) is 2.79. The number of halogens is 3. The number of aromatic nitrogens is 4. The fraction of sp³-hybridized carbons (Fsp3) is 0.478. The smallest absolute Gasteiger partial charge is 0.453 e. The fourth-order valence-corrected chi connectivity index (χ4v) is 4.28. The lowest BCUT2D eigenvalue weighted by atomic mass is 9.95. The molecule has 1 amide bonds. The third-order valence-electron chi connectivity index (χ3n) is 6.26. The van der Waals surface area contributed by atoms with Crippen molar-refractivity contribution in [1.29, 1.82) is 0 Å². The molecule has 0 unspecified atom stereocenters. The van der Waals surface area contributed by atoms with Gasteiger partial charge in [0.05, 0.1) is 13.2 Å². The highest BCUT2D eigenvalue weighted by molar-refractivity contribution is 5.79. The van der Waals surface area contributed by atoms with Crippen LogP contribution in [0.15, 0.2) is 36.4 Å². The molecule has 1 aromatic carbocycles. The van der Waals surface area contributed by atoms with Crippen molar-refractivity contribution >= 4 is 17.4 Å². The number of alkyl halides is 3. The van der Waals surface area contributed by atoms with Gasteiger partial charge in [0.15, 0.2) is 5.65 Å². The average Bonchev–Trinajstić information content (AvgIpc) is 3.28. The maximum absolute atomic E-state index is 13.2. The number of methoxy groups -OCH3 is 1. The number of fused-ring (bicyclic) bond motifs is 1. The van der Waals surface area contributed by atoms with Crippen molar-refractivity contribution in [2.75, 3.05) is 45.7 Å². The number of anilines is 1. The molecule has 0 spiro atoms. The first-order valence-corrected chi connectivity index (χ1v) is 11.3. The van der Waals surface area contributed by atoms with Crippen LogP contribution < -0.4 is 15.0 Å². The molecule has 1 aliphatic rings. The Bertz CT molecular complexity index is 1170. The molecular formula is C23H28F3N7O2. The van der Waals surface area contributed by atoms with Gasteiger partial charge in [-0.2, -0.15) is 17.7 Å². The highest BCUT2D eigenvalue weighted by Gasteiger charge is 2.38. The third kappa shape index (κ3) is 5.47. The zero-order valence-electron chi connectivity index (χ0n) is 19.8. The van der Waals surface area contributed by atoms with E-state index in [1.54, 1.807) is 13.2 Å². The minimum atomic E-state index is -4.65. The topological polar surface area (TPSA) is 87.9 Å². The van der Waals surface area contributed by atoms with Crippen LogP contribution in [-0.4, -0.2) is 71.5 Å². The van der Waals surface area contributed by atoms with Crippen molar-refractivity contribution in [1.82, 2.24) is 30.0 Å². The summed E-state index contributed by atoms with van der Waals surface area (Å²) < 4.78 is 45.5. The van der Waals surface area contributed by atoms with Gasteiger partial charge >= 0.3 is 6.18 Å². The molecule has 1 fully saturated rings. The van der Waals surface area contributed by atoms with Crippen LogP contribution in [-0.2, 0) is 11.0 Å². The van der Waals surface area contributed by atoms with Crippen molar-refractivity contribution in [3.05, 3.63) is 47.8 Å². The molecule has 1 N–H and O–H groups in total. The lowest BCUT2D eigenvalue weighted by Gasteiger charge is -2.32. The number of carbonyl (C=O) groups is 1. The zero-order valence-corrected chi connectivity index (χ0v) is 19.8. The summed E-state index contributed by atoms with van der Waals surface area (Å²) in [5.41, 5.74) is 1.07. The van der Waals surface area contributed by atoms with Gasteiger partial charge in [0.2, 0.25) is 5.91 Å². The molecule has 0 radical (unpaired) electrons. The molecule has 35 heavy (non-hydrogen) atoms. The van der Waals surface area contributed by atoms with Gasteiger partial charge in [-0.3, -0.25) is 4.79 Å². The van der Waals surface area contributed by atoms with Crippen molar-refractivity contribution in [3.63, 3.8) is 0 Å². The van der Waals surface area contributed by atoms with Crippen molar-refractivity contribution < 1.29 is 22.7 Å². The van der Waals surface area contributed by atoms with Crippen molar-refractivity contribution in [2.24, 2.45) is 5.92 Å². The van der Waals surface area contributed by atoms with E-state index in [4.69, 9.17) is 4.74 Å².